The Bertz CT molecular complexity index is 1190. The molecule has 0 unspecified atom stereocenters. The zero-order valence-corrected chi connectivity index (χ0v) is 24.7. The summed E-state index contributed by atoms with van der Waals surface area (Å²) in [6, 6.07) is 23.9. The number of hydrogen-bond donors (Lipinski definition) is 4. The first-order chi connectivity index (χ1) is 18.9. The average Bonchev–Trinajstić information content (AvgIpc) is 2.96. The number of nitrogens with two attached hydrogens (primary N) is 2. The number of hydrogen-bond acceptors (Lipinski definition) is 6. The van der Waals surface area contributed by atoms with Crippen LogP contribution in [0.4, 0.5) is 5.69 Å². The molecule has 41 heavy (non-hydrogen) atoms. The molecule has 1 atom stereocenters. The predicted octanol–water partition coefficient (Wildman–Crippen LogP) is 4.92. The van der Waals surface area contributed by atoms with Gasteiger partial charge in [-0.25, -0.2) is 4.79 Å². The van der Waals surface area contributed by atoms with E-state index in [4.69, 9.17) is 16.3 Å². The van der Waals surface area contributed by atoms with Gasteiger partial charge in [-0.3, -0.25) is 9.59 Å². The Morgan fingerprint density at radius 3 is 1.93 bits per heavy atom. The molecule has 0 fully saturated rings. The Morgan fingerprint density at radius 1 is 0.732 bits per heavy atom. The molecule has 8 nitrogen and oxygen atoms in total. The molecule has 222 valence electrons. The van der Waals surface area contributed by atoms with Gasteiger partial charge in [0.05, 0.1) is 18.0 Å². The van der Waals surface area contributed by atoms with Gasteiger partial charge in [-0.15, -0.1) is 24.8 Å². The van der Waals surface area contributed by atoms with Gasteiger partial charge in [-0.05, 0) is 86.0 Å². The molecule has 3 aromatic rings. The fourth-order valence-electron chi connectivity index (χ4n) is 4.07. The van der Waals surface area contributed by atoms with Crippen molar-refractivity contribution in [3.05, 3.63) is 101 Å². The standard InChI is InChI=1S/C31H38N4O4.2ClH/c32-21-7-6-12-28(33)30(37)34-27-19-17-26(18-20-27)31(38)39-35-29(36)22-25-15-13-24(14-16-25)11-5-4-10-23-8-2-1-3-9-23;;/h1-3,8-9,13-20,28H,4-7,10-12,21-22,32-33H2,(H,34,37)(H,35,36);2*1H/t28-;;/m0../s1. The molecule has 0 aliphatic rings. The van der Waals surface area contributed by atoms with Crippen molar-refractivity contribution in [1.82, 2.24) is 5.48 Å². The van der Waals surface area contributed by atoms with E-state index in [1.165, 1.54) is 23.3 Å². The Morgan fingerprint density at radius 2 is 1.32 bits per heavy atom. The van der Waals surface area contributed by atoms with Crippen LogP contribution in [0.3, 0.4) is 0 Å². The topological polar surface area (TPSA) is 137 Å². The van der Waals surface area contributed by atoms with Crippen LogP contribution in [-0.2, 0) is 33.7 Å². The van der Waals surface area contributed by atoms with Crippen LogP contribution in [0.1, 0.15) is 59.2 Å². The molecule has 0 aliphatic carbocycles. The number of hydroxylamine groups is 1. The van der Waals surface area contributed by atoms with Crippen LogP contribution in [0.15, 0.2) is 78.9 Å². The Kier molecular flexibility index (Phi) is 17.0. The number of rotatable bonds is 14. The lowest BCUT2D eigenvalue weighted by molar-refractivity contribution is -0.129. The van der Waals surface area contributed by atoms with E-state index in [0.29, 0.717) is 18.7 Å². The average molecular weight is 604 g/mol. The van der Waals surface area contributed by atoms with Crippen molar-refractivity contribution in [1.29, 1.82) is 0 Å². The second-order valence-corrected chi connectivity index (χ2v) is 9.56. The zero-order chi connectivity index (χ0) is 27.9. The highest BCUT2D eigenvalue weighted by Crippen LogP contribution is 2.13. The number of amides is 2. The molecule has 3 aromatic carbocycles. The molecule has 0 aliphatic heterocycles. The maximum Gasteiger partial charge on any atom is 0.362 e. The smallest absolute Gasteiger partial charge is 0.335 e. The SMILES string of the molecule is Cl.Cl.NCCCC[C@H](N)C(=O)Nc1ccc(C(=O)ONC(=O)Cc2ccc(CCCCc3ccccc3)cc2)cc1. The minimum absolute atomic E-state index is 0. The van der Waals surface area contributed by atoms with Crippen LogP contribution in [0.5, 0.6) is 0 Å². The number of carbonyl (C=O) groups is 3. The number of carbonyl (C=O) groups excluding carboxylic acids is 3. The van der Waals surface area contributed by atoms with Gasteiger partial charge in [0.25, 0.3) is 5.91 Å². The first kappa shape index (κ1) is 35.6. The molecule has 0 saturated heterocycles. The quantitative estimate of drug-likeness (QED) is 0.153. The first-order valence-corrected chi connectivity index (χ1v) is 13.4. The van der Waals surface area contributed by atoms with Crippen molar-refractivity contribution in [2.75, 3.05) is 11.9 Å². The second-order valence-electron chi connectivity index (χ2n) is 9.56. The van der Waals surface area contributed by atoms with Gasteiger partial charge < -0.3 is 21.6 Å². The summed E-state index contributed by atoms with van der Waals surface area (Å²) in [6.45, 7) is 0.565. The van der Waals surface area contributed by atoms with Crippen LogP contribution in [0, 0.1) is 0 Å². The molecule has 0 bridgehead atoms. The number of anilines is 1. The number of benzene rings is 3. The summed E-state index contributed by atoms with van der Waals surface area (Å²) < 4.78 is 0. The normalized spacial score (nSPS) is 10.9. The summed E-state index contributed by atoms with van der Waals surface area (Å²) >= 11 is 0. The number of nitrogens with one attached hydrogen (secondary N) is 2. The van der Waals surface area contributed by atoms with Gasteiger partial charge in [0.1, 0.15) is 0 Å². The molecule has 10 heteroatoms. The van der Waals surface area contributed by atoms with Crippen LogP contribution in [0.2, 0.25) is 0 Å². The van der Waals surface area contributed by atoms with E-state index in [0.717, 1.165) is 44.1 Å². The van der Waals surface area contributed by atoms with E-state index in [2.05, 4.69) is 35.1 Å². The number of halogens is 2. The second kappa shape index (κ2) is 19.6. The molecule has 6 N–H and O–H groups in total. The highest BCUT2D eigenvalue weighted by molar-refractivity contribution is 5.96. The van der Waals surface area contributed by atoms with Crippen molar-refractivity contribution in [2.45, 2.75) is 57.4 Å². The summed E-state index contributed by atoms with van der Waals surface area (Å²) in [5, 5.41) is 2.72. The minimum atomic E-state index is -0.703. The van der Waals surface area contributed by atoms with E-state index in [1.807, 2.05) is 30.3 Å². The first-order valence-electron chi connectivity index (χ1n) is 13.4. The maximum absolute atomic E-state index is 12.3. The van der Waals surface area contributed by atoms with Crippen LogP contribution in [0.25, 0.3) is 0 Å². The Labute approximate surface area is 254 Å². The van der Waals surface area contributed by atoms with Crippen LogP contribution in [-0.4, -0.2) is 30.4 Å². The van der Waals surface area contributed by atoms with E-state index in [9.17, 15) is 14.4 Å². The third-order valence-corrected chi connectivity index (χ3v) is 6.36. The lowest BCUT2D eigenvalue weighted by Crippen LogP contribution is -2.35. The Balaban J connectivity index is 0.00000420. The van der Waals surface area contributed by atoms with Crippen molar-refractivity contribution in [3.63, 3.8) is 0 Å². The van der Waals surface area contributed by atoms with Gasteiger partial charge in [-0.1, -0.05) is 61.0 Å². The molecule has 0 heterocycles. The van der Waals surface area contributed by atoms with Crippen molar-refractivity contribution in [2.24, 2.45) is 11.5 Å². The van der Waals surface area contributed by atoms with Crippen LogP contribution >= 0.6 is 24.8 Å². The molecule has 0 aromatic heterocycles. The van der Waals surface area contributed by atoms with Crippen molar-refractivity contribution >= 4 is 48.3 Å². The highest BCUT2D eigenvalue weighted by Gasteiger charge is 2.14. The van der Waals surface area contributed by atoms with Crippen molar-refractivity contribution in [3.8, 4) is 0 Å². The summed E-state index contributed by atoms with van der Waals surface area (Å²) in [4.78, 5) is 41.7. The third-order valence-electron chi connectivity index (χ3n) is 6.36. The molecule has 2 amide bonds. The van der Waals surface area contributed by atoms with Gasteiger partial charge in [0, 0.05) is 5.69 Å². The monoisotopic (exact) mass is 602 g/mol. The highest BCUT2D eigenvalue weighted by atomic mass is 35.5. The van der Waals surface area contributed by atoms with Gasteiger partial charge in [0.2, 0.25) is 5.91 Å². The molecular formula is C31H40Cl2N4O4. The van der Waals surface area contributed by atoms with Gasteiger partial charge in [0.15, 0.2) is 0 Å². The fourth-order valence-corrected chi connectivity index (χ4v) is 4.07. The van der Waals surface area contributed by atoms with Crippen molar-refractivity contribution < 1.29 is 19.2 Å². The van der Waals surface area contributed by atoms with E-state index < -0.39 is 17.9 Å². The minimum Gasteiger partial charge on any atom is -0.335 e. The number of unbranched alkanes of at least 4 members (excludes halogenated alkanes) is 2. The predicted molar refractivity (Wildman–Crippen MR) is 167 cm³/mol. The van der Waals surface area contributed by atoms with Gasteiger partial charge in [-0.2, -0.15) is 5.48 Å². The largest absolute Gasteiger partial charge is 0.362 e. The molecule has 0 spiro atoms. The fraction of sp³-hybridized carbons (Fsp3) is 0.323. The summed E-state index contributed by atoms with van der Waals surface area (Å²) in [5.41, 5.74) is 17.7. The van der Waals surface area contributed by atoms with E-state index in [1.54, 1.807) is 12.1 Å². The lowest BCUT2D eigenvalue weighted by Gasteiger charge is -2.12. The number of aryl methyl sites for hydroxylation is 2. The van der Waals surface area contributed by atoms with E-state index in [-0.39, 0.29) is 42.7 Å². The zero-order valence-electron chi connectivity index (χ0n) is 23.1. The molecular weight excluding hydrogens is 563 g/mol. The van der Waals surface area contributed by atoms with Crippen LogP contribution < -0.4 is 22.3 Å². The Hall–Kier alpha value is -3.43. The molecule has 0 radical (unpaired) electrons. The van der Waals surface area contributed by atoms with Gasteiger partial charge >= 0.3 is 5.97 Å². The maximum atomic E-state index is 12.3. The summed E-state index contributed by atoms with van der Waals surface area (Å²) in [5.74, 6) is -1.43. The summed E-state index contributed by atoms with van der Waals surface area (Å²) in [7, 11) is 0. The summed E-state index contributed by atoms with van der Waals surface area (Å²) in [6.07, 6.45) is 6.52. The molecule has 3 rings (SSSR count). The third kappa shape index (κ3) is 13.2. The lowest BCUT2D eigenvalue weighted by atomic mass is 10.0. The van der Waals surface area contributed by atoms with E-state index >= 15 is 0 Å². The molecule has 0 saturated carbocycles.